The lowest BCUT2D eigenvalue weighted by atomic mass is 9.75. The van der Waals surface area contributed by atoms with Crippen molar-refractivity contribution in [3.8, 4) is 0 Å². The Labute approximate surface area is 255 Å². The Morgan fingerprint density at radius 3 is 2.05 bits per heavy atom. The molecule has 2 aliphatic rings. The minimum absolute atomic E-state index is 0.104. The number of carbonyl (C=O) groups excluding carboxylic acids is 2. The molecule has 0 bridgehead atoms. The summed E-state index contributed by atoms with van der Waals surface area (Å²) in [6.07, 6.45) is 19.2. The molecule has 0 spiro atoms. The van der Waals surface area contributed by atoms with Gasteiger partial charge in [0.1, 0.15) is 5.92 Å². The number of rotatable bonds is 22. The summed E-state index contributed by atoms with van der Waals surface area (Å²) in [5.41, 5.74) is -0.247. The summed E-state index contributed by atoms with van der Waals surface area (Å²) >= 11 is 0. The van der Waals surface area contributed by atoms with Gasteiger partial charge in [0, 0.05) is 4.90 Å². The van der Waals surface area contributed by atoms with Crippen LogP contribution in [0.4, 0.5) is 0 Å². The molecule has 0 aromatic carbocycles. The SMILES string of the molecule is CCCCCCCCCCCCCCCCO/[N+]([O-])=C(\C(=O)OCC)[C@@H]1CC(=O)O[C@H]1OC1CC(C)CCC1C(C)C. The molecule has 0 radical (unpaired) electrons. The van der Waals surface area contributed by atoms with Crippen molar-refractivity contribution in [2.24, 2.45) is 23.7 Å². The quantitative estimate of drug-likeness (QED) is 0.0408. The smallest absolute Gasteiger partial charge is 0.405 e. The van der Waals surface area contributed by atoms with E-state index in [9.17, 15) is 14.8 Å². The normalized spacial score (nSPS) is 24.9. The van der Waals surface area contributed by atoms with Gasteiger partial charge in [-0.15, -0.1) is 0 Å². The van der Waals surface area contributed by atoms with Gasteiger partial charge >= 0.3 is 17.7 Å². The third kappa shape index (κ3) is 13.2. The van der Waals surface area contributed by atoms with E-state index < -0.39 is 24.1 Å². The van der Waals surface area contributed by atoms with Crippen LogP contribution in [-0.2, 0) is 28.6 Å². The average Bonchev–Trinajstić information content (AvgIpc) is 3.29. The summed E-state index contributed by atoms with van der Waals surface area (Å²) in [5, 5.41) is 13.1. The molecule has 0 amide bonds. The Bertz CT molecular complexity index is 799. The third-order valence-corrected chi connectivity index (χ3v) is 8.97. The van der Waals surface area contributed by atoms with Crippen LogP contribution in [-0.4, -0.2) is 48.2 Å². The van der Waals surface area contributed by atoms with Gasteiger partial charge in [-0.2, -0.15) is 0 Å². The Kier molecular flexibility index (Phi) is 18.2. The van der Waals surface area contributed by atoms with Crippen LogP contribution < -0.4 is 0 Å². The summed E-state index contributed by atoms with van der Waals surface area (Å²) < 4.78 is 17.1. The highest BCUT2D eigenvalue weighted by molar-refractivity contribution is 6.35. The van der Waals surface area contributed by atoms with Crippen molar-refractivity contribution >= 4 is 17.7 Å². The zero-order valence-electron chi connectivity index (χ0n) is 27.4. The van der Waals surface area contributed by atoms with Gasteiger partial charge in [0.15, 0.2) is 0 Å². The molecule has 1 heterocycles. The highest BCUT2D eigenvalue weighted by atomic mass is 16.9. The molecule has 3 unspecified atom stereocenters. The van der Waals surface area contributed by atoms with Gasteiger partial charge in [0.2, 0.25) is 6.29 Å². The van der Waals surface area contributed by atoms with Crippen molar-refractivity contribution in [2.45, 2.75) is 163 Å². The van der Waals surface area contributed by atoms with Crippen molar-refractivity contribution in [1.82, 2.24) is 0 Å². The molecule has 0 aromatic heterocycles. The molecule has 8 nitrogen and oxygen atoms in total. The maximum Gasteiger partial charge on any atom is 0.405 e. The lowest BCUT2D eigenvalue weighted by Crippen LogP contribution is -2.43. The molecule has 244 valence electrons. The van der Waals surface area contributed by atoms with E-state index in [4.69, 9.17) is 19.0 Å². The highest BCUT2D eigenvalue weighted by Crippen LogP contribution is 2.38. The fraction of sp³-hybridized carbons (Fsp3) is 0.912. The maximum atomic E-state index is 13.1. The molecule has 1 saturated heterocycles. The molecule has 42 heavy (non-hydrogen) atoms. The number of nitrogens with zero attached hydrogens (tertiary/aromatic N) is 1. The van der Waals surface area contributed by atoms with Gasteiger partial charge in [0.05, 0.1) is 25.7 Å². The molecule has 0 aromatic rings. The second-order valence-corrected chi connectivity index (χ2v) is 13.0. The van der Waals surface area contributed by atoms with Gasteiger partial charge < -0.3 is 19.0 Å². The highest BCUT2D eigenvalue weighted by Gasteiger charge is 2.50. The number of hydrogen-bond donors (Lipinski definition) is 0. The number of carbonyl (C=O) groups is 2. The van der Waals surface area contributed by atoms with E-state index in [0.717, 1.165) is 38.5 Å². The van der Waals surface area contributed by atoms with E-state index in [1.807, 2.05) is 0 Å². The molecular weight excluding hydrogens is 534 g/mol. The number of cyclic esters (lactones) is 1. The summed E-state index contributed by atoms with van der Waals surface area (Å²) in [6, 6.07) is 0. The lowest BCUT2D eigenvalue weighted by Gasteiger charge is -2.38. The van der Waals surface area contributed by atoms with Gasteiger partial charge in [-0.3, -0.25) is 10.0 Å². The fourth-order valence-corrected chi connectivity index (χ4v) is 6.41. The summed E-state index contributed by atoms with van der Waals surface area (Å²) in [7, 11) is 0. The summed E-state index contributed by atoms with van der Waals surface area (Å²) in [6.45, 7) is 10.8. The topological polar surface area (TPSA) is 97.1 Å². The maximum absolute atomic E-state index is 13.1. The van der Waals surface area contributed by atoms with E-state index in [2.05, 4.69) is 27.7 Å². The van der Waals surface area contributed by atoms with E-state index in [-0.39, 0.29) is 36.4 Å². The Hall–Kier alpha value is -1.83. The van der Waals surface area contributed by atoms with Crippen molar-refractivity contribution in [3.05, 3.63) is 5.21 Å². The van der Waals surface area contributed by atoms with Crippen LogP contribution in [0.2, 0.25) is 0 Å². The number of esters is 2. The van der Waals surface area contributed by atoms with E-state index >= 15 is 0 Å². The zero-order valence-corrected chi connectivity index (χ0v) is 27.4. The van der Waals surface area contributed by atoms with Crippen molar-refractivity contribution < 1.29 is 33.5 Å². The van der Waals surface area contributed by atoms with Crippen LogP contribution >= 0.6 is 0 Å². The molecule has 2 rings (SSSR count). The first-order chi connectivity index (χ1) is 20.3. The van der Waals surface area contributed by atoms with Crippen molar-refractivity contribution in [1.29, 1.82) is 0 Å². The lowest BCUT2D eigenvalue weighted by molar-refractivity contribution is -0.742. The van der Waals surface area contributed by atoms with Crippen LogP contribution in [0, 0.1) is 28.9 Å². The van der Waals surface area contributed by atoms with Crippen LogP contribution in [0.25, 0.3) is 0 Å². The molecule has 0 N–H and O–H groups in total. The Balaban J connectivity index is 1.81. The molecule has 1 saturated carbocycles. The molecular formula is C34H61NO7. The fourth-order valence-electron chi connectivity index (χ4n) is 6.41. The monoisotopic (exact) mass is 595 g/mol. The average molecular weight is 596 g/mol. The van der Waals surface area contributed by atoms with Gasteiger partial charge in [-0.25, -0.2) is 4.79 Å². The molecule has 5 atom stereocenters. The molecule has 1 aliphatic carbocycles. The molecule has 1 aliphatic heterocycles. The van der Waals surface area contributed by atoms with Crippen LogP contribution in [0.15, 0.2) is 0 Å². The van der Waals surface area contributed by atoms with E-state index in [0.29, 0.717) is 17.8 Å². The number of hydrogen-bond acceptors (Lipinski definition) is 7. The first kappa shape index (κ1) is 36.4. The number of ether oxygens (including phenoxy) is 3. The standard InChI is InChI=1S/C34H61NO7/c1-6-8-9-10-11-12-13-14-15-16-17-18-19-20-23-40-35(38)32(33(37)39-7-2)29-25-31(36)42-34(29)41-30-24-27(5)21-22-28(30)26(3)4/h26-30,34H,6-25H2,1-5H3/b35-32-/t27?,28?,29-,30?,34+/m0/s1. The van der Waals surface area contributed by atoms with Gasteiger partial charge in [-0.05, 0) is 43.9 Å². The molecule has 8 heteroatoms. The van der Waals surface area contributed by atoms with E-state index in [1.165, 1.54) is 70.6 Å². The predicted molar refractivity (Wildman–Crippen MR) is 166 cm³/mol. The van der Waals surface area contributed by atoms with Crippen molar-refractivity contribution in [2.75, 3.05) is 13.2 Å². The second-order valence-electron chi connectivity index (χ2n) is 13.0. The van der Waals surface area contributed by atoms with Crippen molar-refractivity contribution in [3.63, 3.8) is 0 Å². The Morgan fingerprint density at radius 1 is 0.929 bits per heavy atom. The Morgan fingerprint density at radius 2 is 1.50 bits per heavy atom. The predicted octanol–water partition coefficient (Wildman–Crippen LogP) is 8.28. The first-order valence-corrected chi connectivity index (χ1v) is 17.3. The summed E-state index contributed by atoms with van der Waals surface area (Å²) in [4.78, 5) is 31.0. The molecule has 2 fully saturated rings. The minimum atomic E-state index is -1.01. The van der Waals surface area contributed by atoms with Gasteiger partial charge in [-0.1, -0.05) is 118 Å². The van der Waals surface area contributed by atoms with Crippen LogP contribution in [0.5, 0.6) is 0 Å². The minimum Gasteiger partial charge on any atom is -0.458 e. The second kappa shape index (κ2) is 21.0. The van der Waals surface area contributed by atoms with Crippen LogP contribution in [0.3, 0.4) is 0 Å². The largest absolute Gasteiger partial charge is 0.458 e. The van der Waals surface area contributed by atoms with Crippen LogP contribution in [0.1, 0.15) is 150 Å². The number of unbranched alkanes of at least 4 members (excludes halogenated alkanes) is 13. The zero-order chi connectivity index (χ0) is 30.7. The third-order valence-electron chi connectivity index (χ3n) is 8.97. The first-order valence-electron chi connectivity index (χ1n) is 17.3. The summed E-state index contributed by atoms with van der Waals surface area (Å²) in [5.74, 6) is -0.906. The van der Waals surface area contributed by atoms with Gasteiger partial charge in [0.25, 0.3) is 0 Å². The van der Waals surface area contributed by atoms with E-state index in [1.54, 1.807) is 6.92 Å².